The van der Waals surface area contributed by atoms with E-state index in [1.54, 1.807) is 6.07 Å². The second-order valence-corrected chi connectivity index (χ2v) is 5.01. The zero-order valence-corrected chi connectivity index (χ0v) is 11.0. The van der Waals surface area contributed by atoms with Crippen molar-refractivity contribution >= 4 is 48.7 Å². The Bertz CT molecular complexity index is 560. The Hall–Kier alpha value is -0.810. The van der Waals surface area contributed by atoms with Gasteiger partial charge in [-0.1, -0.05) is 15.9 Å². The van der Waals surface area contributed by atoms with Gasteiger partial charge in [0.1, 0.15) is 0 Å². The molecule has 0 spiro atoms. The number of carboxylic acids is 1. The molecule has 78 valence electrons. The van der Waals surface area contributed by atoms with Gasteiger partial charge < -0.3 is 9.67 Å². The molecule has 1 aromatic carbocycles. The van der Waals surface area contributed by atoms with Crippen LogP contribution in [0.5, 0.6) is 0 Å². The first-order chi connectivity index (χ1) is 7.00. The van der Waals surface area contributed by atoms with E-state index < -0.39 is 5.97 Å². The minimum absolute atomic E-state index is 0.298. The molecule has 0 atom stereocenters. The molecule has 0 unspecified atom stereocenters. The Labute approximate surface area is 103 Å². The SMILES string of the molecule is Cn1cc(Br)c2c(C(=O)O)cc(Br)cc21. The molecule has 0 amide bonds. The van der Waals surface area contributed by atoms with Crippen LogP contribution in [0.4, 0.5) is 0 Å². The second-order valence-electron chi connectivity index (χ2n) is 3.24. The third-order valence-corrected chi connectivity index (χ3v) is 3.30. The lowest BCUT2D eigenvalue weighted by Crippen LogP contribution is -1.97. The molecule has 0 bridgehead atoms. The van der Waals surface area contributed by atoms with Gasteiger partial charge in [0, 0.05) is 27.6 Å². The molecule has 1 N–H and O–H groups in total. The van der Waals surface area contributed by atoms with Gasteiger partial charge in [-0.3, -0.25) is 0 Å². The number of aryl methyl sites for hydroxylation is 1. The Morgan fingerprint density at radius 1 is 1.40 bits per heavy atom. The summed E-state index contributed by atoms with van der Waals surface area (Å²) >= 11 is 6.66. The van der Waals surface area contributed by atoms with Crippen LogP contribution in [0.1, 0.15) is 10.4 Å². The predicted molar refractivity (Wildman–Crippen MR) is 65.3 cm³/mol. The fraction of sp³-hybridized carbons (Fsp3) is 0.100. The van der Waals surface area contributed by atoms with Crippen molar-refractivity contribution in [3.63, 3.8) is 0 Å². The van der Waals surface area contributed by atoms with Crippen LogP contribution in [0.15, 0.2) is 27.3 Å². The Morgan fingerprint density at radius 3 is 2.67 bits per heavy atom. The Balaban J connectivity index is 2.96. The summed E-state index contributed by atoms with van der Waals surface area (Å²) < 4.78 is 3.45. The summed E-state index contributed by atoms with van der Waals surface area (Å²) in [5, 5.41) is 9.82. The van der Waals surface area contributed by atoms with Gasteiger partial charge in [0.05, 0.1) is 11.1 Å². The van der Waals surface area contributed by atoms with E-state index in [0.717, 1.165) is 19.8 Å². The summed E-state index contributed by atoms with van der Waals surface area (Å²) in [5.41, 5.74) is 1.18. The van der Waals surface area contributed by atoms with Crippen LogP contribution < -0.4 is 0 Å². The van der Waals surface area contributed by atoms with E-state index in [-0.39, 0.29) is 0 Å². The lowest BCUT2D eigenvalue weighted by molar-refractivity contribution is 0.0699. The zero-order valence-electron chi connectivity index (χ0n) is 7.79. The van der Waals surface area contributed by atoms with Crippen LogP contribution in [0.2, 0.25) is 0 Å². The molecule has 0 aliphatic heterocycles. The lowest BCUT2D eigenvalue weighted by atomic mass is 10.1. The Kier molecular flexibility index (Phi) is 2.60. The number of halogens is 2. The molecule has 0 saturated heterocycles. The van der Waals surface area contributed by atoms with Crippen molar-refractivity contribution in [1.29, 1.82) is 0 Å². The molecule has 2 aromatic rings. The number of fused-ring (bicyclic) bond motifs is 1. The van der Waals surface area contributed by atoms with Gasteiger partial charge in [-0.2, -0.15) is 0 Å². The standard InChI is InChI=1S/C10H7Br2NO2/c1-13-4-7(12)9-6(10(14)15)2-5(11)3-8(9)13/h2-4H,1H3,(H,14,15). The first kappa shape index (κ1) is 10.7. The van der Waals surface area contributed by atoms with Crippen molar-refractivity contribution in [3.8, 4) is 0 Å². The molecular weight excluding hydrogens is 326 g/mol. The third-order valence-electron chi connectivity index (χ3n) is 2.24. The van der Waals surface area contributed by atoms with Gasteiger partial charge in [0.2, 0.25) is 0 Å². The summed E-state index contributed by atoms with van der Waals surface area (Å²) in [4.78, 5) is 11.1. The molecule has 15 heavy (non-hydrogen) atoms. The molecular formula is C10H7Br2NO2. The van der Waals surface area contributed by atoms with Crippen LogP contribution >= 0.6 is 31.9 Å². The van der Waals surface area contributed by atoms with Crippen LogP contribution in [-0.4, -0.2) is 15.6 Å². The van der Waals surface area contributed by atoms with Crippen molar-refractivity contribution in [1.82, 2.24) is 4.57 Å². The average molecular weight is 333 g/mol. The number of rotatable bonds is 1. The smallest absolute Gasteiger partial charge is 0.336 e. The largest absolute Gasteiger partial charge is 0.478 e. The highest BCUT2D eigenvalue weighted by molar-refractivity contribution is 9.11. The van der Waals surface area contributed by atoms with Crippen molar-refractivity contribution in [2.75, 3.05) is 0 Å². The quantitative estimate of drug-likeness (QED) is 0.869. The summed E-state index contributed by atoms with van der Waals surface area (Å²) in [6, 6.07) is 3.50. The molecule has 0 radical (unpaired) electrons. The number of aromatic nitrogens is 1. The molecule has 1 aromatic heterocycles. The highest BCUT2D eigenvalue weighted by Gasteiger charge is 2.15. The summed E-state index contributed by atoms with van der Waals surface area (Å²) in [6.45, 7) is 0. The molecule has 0 saturated carbocycles. The molecule has 2 rings (SSSR count). The Morgan fingerprint density at radius 2 is 2.07 bits per heavy atom. The van der Waals surface area contributed by atoms with Gasteiger partial charge in [-0.15, -0.1) is 0 Å². The molecule has 0 fully saturated rings. The van der Waals surface area contributed by atoms with E-state index in [1.165, 1.54) is 0 Å². The highest BCUT2D eigenvalue weighted by atomic mass is 79.9. The number of nitrogens with zero attached hydrogens (tertiary/aromatic N) is 1. The zero-order chi connectivity index (χ0) is 11.2. The second kappa shape index (κ2) is 3.64. The minimum Gasteiger partial charge on any atom is -0.478 e. The van der Waals surface area contributed by atoms with Crippen LogP contribution in [-0.2, 0) is 7.05 Å². The van der Waals surface area contributed by atoms with E-state index in [2.05, 4.69) is 31.9 Å². The van der Waals surface area contributed by atoms with Gasteiger partial charge >= 0.3 is 5.97 Å². The normalized spacial score (nSPS) is 10.9. The fourth-order valence-electron chi connectivity index (χ4n) is 1.59. The number of aromatic carboxylic acids is 1. The number of hydrogen-bond donors (Lipinski definition) is 1. The highest BCUT2D eigenvalue weighted by Crippen LogP contribution is 2.31. The third kappa shape index (κ3) is 1.70. The van der Waals surface area contributed by atoms with E-state index in [1.807, 2.05) is 23.9 Å². The van der Waals surface area contributed by atoms with E-state index in [4.69, 9.17) is 5.11 Å². The molecule has 0 aliphatic rings. The molecule has 3 nitrogen and oxygen atoms in total. The monoisotopic (exact) mass is 331 g/mol. The molecule has 5 heteroatoms. The van der Waals surface area contributed by atoms with Gasteiger partial charge in [-0.05, 0) is 28.1 Å². The van der Waals surface area contributed by atoms with Gasteiger partial charge in [-0.25, -0.2) is 4.79 Å². The van der Waals surface area contributed by atoms with Crippen LogP contribution in [0.25, 0.3) is 10.9 Å². The topological polar surface area (TPSA) is 42.2 Å². The summed E-state index contributed by atoms with van der Waals surface area (Å²) in [6.07, 6.45) is 1.85. The maximum absolute atomic E-state index is 11.1. The maximum atomic E-state index is 11.1. The van der Waals surface area contributed by atoms with Crippen molar-refractivity contribution in [2.24, 2.45) is 7.05 Å². The van der Waals surface area contributed by atoms with Crippen molar-refractivity contribution in [2.45, 2.75) is 0 Å². The first-order valence-electron chi connectivity index (χ1n) is 4.18. The van der Waals surface area contributed by atoms with Crippen LogP contribution in [0.3, 0.4) is 0 Å². The van der Waals surface area contributed by atoms with Crippen molar-refractivity contribution < 1.29 is 9.90 Å². The summed E-state index contributed by atoms with van der Waals surface area (Å²) in [5.74, 6) is -0.923. The van der Waals surface area contributed by atoms with E-state index in [9.17, 15) is 4.79 Å². The first-order valence-corrected chi connectivity index (χ1v) is 5.76. The van der Waals surface area contributed by atoms with E-state index >= 15 is 0 Å². The number of carboxylic acid groups (broad SMARTS) is 1. The minimum atomic E-state index is -0.923. The van der Waals surface area contributed by atoms with E-state index in [0.29, 0.717) is 5.56 Å². The fourth-order valence-corrected chi connectivity index (χ4v) is 2.76. The number of carbonyl (C=O) groups is 1. The number of hydrogen-bond acceptors (Lipinski definition) is 1. The molecule has 0 aliphatic carbocycles. The lowest BCUT2D eigenvalue weighted by Gasteiger charge is -2.01. The van der Waals surface area contributed by atoms with Crippen molar-refractivity contribution in [3.05, 3.63) is 32.8 Å². The van der Waals surface area contributed by atoms with Gasteiger partial charge in [0.15, 0.2) is 0 Å². The molecule has 1 heterocycles. The van der Waals surface area contributed by atoms with Crippen LogP contribution in [0, 0.1) is 0 Å². The van der Waals surface area contributed by atoms with Gasteiger partial charge in [0.25, 0.3) is 0 Å². The number of benzene rings is 1. The average Bonchev–Trinajstić information content (AvgIpc) is 2.41. The summed E-state index contributed by atoms with van der Waals surface area (Å²) in [7, 11) is 1.88. The predicted octanol–water partition coefficient (Wildman–Crippen LogP) is 3.40. The maximum Gasteiger partial charge on any atom is 0.336 e.